The van der Waals surface area contributed by atoms with Crippen LogP contribution in [0.2, 0.25) is 0 Å². The van der Waals surface area contributed by atoms with Crippen molar-refractivity contribution >= 4 is 29.1 Å². The molecule has 1 atom stereocenters. The van der Waals surface area contributed by atoms with Crippen molar-refractivity contribution in [2.24, 2.45) is 0 Å². The van der Waals surface area contributed by atoms with Crippen molar-refractivity contribution in [2.45, 2.75) is 51.6 Å². The summed E-state index contributed by atoms with van der Waals surface area (Å²) in [6.45, 7) is 7.78. The van der Waals surface area contributed by atoms with E-state index < -0.39 is 6.04 Å². The maximum absolute atomic E-state index is 12.5. The number of benzene rings is 1. The van der Waals surface area contributed by atoms with Gasteiger partial charge in [-0.2, -0.15) is 0 Å². The molecule has 2 saturated heterocycles. The lowest BCUT2D eigenvalue weighted by molar-refractivity contribution is -0.133. The second-order valence-corrected chi connectivity index (χ2v) is 8.35. The van der Waals surface area contributed by atoms with E-state index in [1.807, 2.05) is 13.8 Å². The van der Waals surface area contributed by atoms with Crippen LogP contribution in [0.1, 0.15) is 39.5 Å². The molecule has 1 aromatic carbocycles. The molecule has 30 heavy (non-hydrogen) atoms. The number of nitrogens with one attached hydrogen (secondary N) is 3. The summed E-state index contributed by atoms with van der Waals surface area (Å²) < 4.78 is 0. The van der Waals surface area contributed by atoms with E-state index >= 15 is 0 Å². The fourth-order valence-electron chi connectivity index (χ4n) is 4.11. The molecule has 3 rings (SSSR count). The Morgan fingerprint density at radius 1 is 1.00 bits per heavy atom. The Kier molecular flexibility index (Phi) is 7.81. The molecule has 0 aromatic heterocycles. The van der Waals surface area contributed by atoms with E-state index in [2.05, 4.69) is 25.8 Å². The summed E-state index contributed by atoms with van der Waals surface area (Å²) in [6, 6.07) is 6.81. The quantitative estimate of drug-likeness (QED) is 0.630. The molecule has 164 valence electrons. The summed E-state index contributed by atoms with van der Waals surface area (Å²) in [6.07, 6.45) is 3.66. The number of nitrogens with zero attached hydrogens (tertiary/aromatic N) is 2. The molecule has 3 N–H and O–H groups in total. The number of hydrogen-bond donors (Lipinski definition) is 3. The predicted octanol–water partition coefficient (Wildman–Crippen LogP) is 1.65. The van der Waals surface area contributed by atoms with Crippen LogP contribution in [0.25, 0.3) is 0 Å². The Morgan fingerprint density at radius 2 is 1.60 bits per heavy atom. The number of carbonyl (C=O) groups excluding carboxylic acids is 3. The standard InChI is InChI=1S/C22H33N5O3/c1-16(2)27-13-10-23-22(30)19(27)14-20(28)24-17-6-8-18(9-7-17)25-21(29)15-26-11-4-3-5-12-26/h6-9,16,19H,3-5,10-15H2,1-2H3,(H,23,30)(H,24,28)(H,25,29). The third kappa shape index (κ3) is 6.27. The van der Waals surface area contributed by atoms with E-state index in [0.717, 1.165) is 32.5 Å². The molecule has 2 aliphatic heterocycles. The summed E-state index contributed by atoms with van der Waals surface area (Å²) in [5, 5.41) is 8.59. The molecule has 3 amide bonds. The van der Waals surface area contributed by atoms with Crippen molar-refractivity contribution in [2.75, 3.05) is 43.4 Å². The highest BCUT2D eigenvalue weighted by Crippen LogP contribution is 2.17. The van der Waals surface area contributed by atoms with Gasteiger partial charge in [-0.15, -0.1) is 0 Å². The van der Waals surface area contributed by atoms with Gasteiger partial charge in [-0.1, -0.05) is 6.42 Å². The number of rotatable bonds is 7. The molecular weight excluding hydrogens is 382 g/mol. The minimum Gasteiger partial charge on any atom is -0.353 e. The number of piperazine rings is 1. The Balaban J connectivity index is 1.49. The molecule has 1 unspecified atom stereocenters. The van der Waals surface area contributed by atoms with Crippen LogP contribution in [0.5, 0.6) is 0 Å². The molecule has 8 nitrogen and oxygen atoms in total. The van der Waals surface area contributed by atoms with Crippen molar-refractivity contribution < 1.29 is 14.4 Å². The van der Waals surface area contributed by atoms with Crippen LogP contribution >= 0.6 is 0 Å². The number of hydrogen-bond acceptors (Lipinski definition) is 5. The zero-order chi connectivity index (χ0) is 21.5. The lowest BCUT2D eigenvalue weighted by Crippen LogP contribution is -2.58. The lowest BCUT2D eigenvalue weighted by atomic mass is 10.1. The highest BCUT2D eigenvalue weighted by Gasteiger charge is 2.32. The summed E-state index contributed by atoms with van der Waals surface area (Å²) in [7, 11) is 0. The van der Waals surface area contributed by atoms with Crippen molar-refractivity contribution in [3.63, 3.8) is 0 Å². The van der Waals surface area contributed by atoms with Crippen LogP contribution < -0.4 is 16.0 Å². The van der Waals surface area contributed by atoms with Crippen LogP contribution in [-0.2, 0) is 14.4 Å². The van der Waals surface area contributed by atoms with E-state index in [-0.39, 0.29) is 30.2 Å². The van der Waals surface area contributed by atoms with Crippen molar-refractivity contribution in [3.05, 3.63) is 24.3 Å². The van der Waals surface area contributed by atoms with E-state index in [9.17, 15) is 14.4 Å². The van der Waals surface area contributed by atoms with Crippen LogP contribution in [0.3, 0.4) is 0 Å². The third-order valence-corrected chi connectivity index (χ3v) is 5.68. The molecule has 0 spiro atoms. The highest BCUT2D eigenvalue weighted by atomic mass is 16.2. The second kappa shape index (κ2) is 10.5. The summed E-state index contributed by atoms with van der Waals surface area (Å²) in [4.78, 5) is 41.1. The molecule has 0 bridgehead atoms. The summed E-state index contributed by atoms with van der Waals surface area (Å²) in [5.74, 6) is -0.327. The zero-order valence-electron chi connectivity index (χ0n) is 17.9. The minimum atomic E-state index is -0.452. The molecule has 0 radical (unpaired) electrons. The van der Waals surface area contributed by atoms with Crippen LogP contribution in [0.4, 0.5) is 11.4 Å². The summed E-state index contributed by atoms with van der Waals surface area (Å²) >= 11 is 0. The average Bonchev–Trinajstić information content (AvgIpc) is 2.71. The van der Waals surface area contributed by atoms with E-state index in [4.69, 9.17) is 0 Å². The van der Waals surface area contributed by atoms with Gasteiger partial charge in [-0.25, -0.2) is 0 Å². The fourth-order valence-corrected chi connectivity index (χ4v) is 4.11. The first-order chi connectivity index (χ1) is 14.4. The fraction of sp³-hybridized carbons (Fsp3) is 0.591. The van der Waals surface area contributed by atoms with E-state index in [0.29, 0.717) is 24.5 Å². The Labute approximate surface area is 178 Å². The lowest BCUT2D eigenvalue weighted by Gasteiger charge is -2.37. The second-order valence-electron chi connectivity index (χ2n) is 8.35. The van der Waals surface area contributed by atoms with Crippen LogP contribution in [-0.4, -0.2) is 72.3 Å². The van der Waals surface area contributed by atoms with Crippen LogP contribution in [0, 0.1) is 0 Å². The first kappa shape index (κ1) is 22.2. The normalized spacial score (nSPS) is 20.6. The number of anilines is 2. The number of likely N-dealkylation sites (tertiary alicyclic amines) is 1. The molecule has 0 saturated carbocycles. The minimum absolute atomic E-state index is 0.0224. The molecule has 2 aliphatic rings. The molecule has 2 fully saturated rings. The number of piperidine rings is 1. The monoisotopic (exact) mass is 415 g/mol. The third-order valence-electron chi connectivity index (χ3n) is 5.68. The molecule has 0 aliphatic carbocycles. The summed E-state index contributed by atoms with van der Waals surface area (Å²) in [5.41, 5.74) is 1.34. The highest BCUT2D eigenvalue weighted by molar-refractivity contribution is 5.96. The Hall–Kier alpha value is -2.45. The number of carbonyl (C=O) groups is 3. The van der Waals surface area contributed by atoms with Gasteiger partial charge >= 0.3 is 0 Å². The van der Waals surface area contributed by atoms with Gasteiger partial charge in [0.05, 0.1) is 19.0 Å². The Bertz CT molecular complexity index is 744. The van der Waals surface area contributed by atoms with Crippen molar-refractivity contribution in [3.8, 4) is 0 Å². The Morgan fingerprint density at radius 3 is 2.20 bits per heavy atom. The smallest absolute Gasteiger partial charge is 0.238 e. The predicted molar refractivity (Wildman–Crippen MR) is 117 cm³/mol. The van der Waals surface area contributed by atoms with E-state index in [1.165, 1.54) is 6.42 Å². The van der Waals surface area contributed by atoms with Gasteiger partial charge in [0.15, 0.2) is 0 Å². The first-order valence-electron chi connectivity index (χ1n) is 10.9. The van der Waals surface area contributed by atoms with Crippen molar-refractivity contribution in [1.29, 1.82) is 0 Å². The molecule has 1 aromatic rings. The molecule has 8 heteroatoms. The first-order valence-corrected chi connectivity index (χ1v) is 10.9. The van der Waals surface area contributed by atoms with Crippen LogP contribution in [0.15, 0.2) is 24.3 Å². The molecule has 2 heterocycles. The van der Waals surface area contributed by atoms with Gasteiger partial charge in [0.1, 0.15) is 0 Å². The average molecular weight is 416 g/mol. The van der Waals surface area contributed by atoms with Gasteiger partial charge in [-0.3, -0.25) is 24.2 Å². The van der Waals surface area contributed by atoms with Gasteiger partial charge in [0.2, 0.25) is 17.7 Å². The van der Waals surface area contributed by atoms with Gasteiger partial charge in [0, 0.05) is 30.5 Å². The topological polar surface area (TPSA) is 93.8 Å². The molecular formula is C22H33N5O3. The maximum atomic E-state index is 12.5. The SMILES string of the molecule is CC(C)N1CCNC(=O)C1CC(=O)Nc1ccc(NC(=O)CN2CCCCC2)cc1. The van der Waals surface area contributed by atoms with Crippen molar-refractivity contribution in [1.82, 2.24) is 15.1 Å². The van der Waals surface area contributed by atoms with Gasteiger partial charge < -0.3 is 16.0 Å². The van der Waals surface area contributed by atoms with Gasteiger partial charge in [-0.05, 0) is 64.0 Å². The van der Waals surface area contributed by atoms with Gasteiger partial charge in [0.25, 0.3) is 0 Å². The maximum Gasteiger partial charge on any atom is 0.238 e. The largest absolute Gasteiger partial charge is 0.353 e. The number of amides is 3. The zero-order valence-corrected chi connectivity index (χ0v) is 17.9. The van der Waals surface area contributed by atoms with E-state index in [1.54, 1.807) is 24.3 Å².